The molecule has 12 heteroatoms. The van der Waals surface area contributed by atoms with Crippen LogP contribution >= 0.6 is 0 Å². The molecular weight excluding hydrogens is 712 g/mol. The summed E-state index contributed by atoms with van der Waals surface area (Å²) >= 11 is 0. The van der Waals surface area contributed by atoms with Crippen LogP contribution in [0.3, 0.4) is 0 Å². The summed E-state index contributed by atoms with van der Waals surface area (Å²) in [6.07, 6.45) is -1.46. The Labute approximate surface area is 324 Å². The van der Waals surface area contributed by atoms with Gasteiger partial charge in [0.05, 0.1) is 24.8 Å². The average molecular weight is 775 g/mol. The van der Waals surface area contributed by atoms with Crippen molar-refractivity contribution < 1.29 is 37.4 Å². The number of likely N-dealkylation sites (tertiary alicyclic amines) is 1. The molecule has 2 aliphatic heterocycles. The van der Waals surface area contributed by atoms with Gasteiger partial charge in [0.25, 0.3) is 0 Å². The Morgan fingerprint density at radius 2 is 1.75 bits per heavy atom. The summed E-state index contributed by atoms with van der Waals surface area (Å²) in [5.74, 6) is -0.133. The van der Waals surface area contributed by atoms with Gasteiger partial charge >= 0.3 is 6.18 Å². The van der Waals surface area contributed by atoms with Gasteiger partial charge in [0.15, 0.2) is 0 Å². The van der Waals surface area contributed by atoms with Crippen LogP contribution in [0.4, 0.5) is 17.6 Å². The minimum atomic E-state index is -4.70. The van der Waals surface area contributed by atoms with Gasteiger partial charge in [-0.05, 0) is 104 Å². The van der Waals surface area contributed by atoms with E-state index >= 15 is 4.39 Å². The molecule has 7 rings (SSSR count). The maximum Gasteiger partial charge on any atom is 0.416 e. The summed E-state index contributed by atoms with van der Waals surface area (Å²) < 4.78 is 58.1. The molecule has 3 aliphatic carbocycles. The fourth-order valence-corrected chi connectivity index (χ4v) is 10.4. The van der Waals surface area contributed by atoms with Crippen LogP contribution in [0.2, 0.25) is 0 Å². The monoisotopic (exact) mass is 774 g/mol. The summed E-state index contributed by atoms with van der Waals surface area (Å²) in [6.45, 7) is 15.1. The highest BCUT2D eigenvalue weighted by Crippen LogP contribution is 2.61. The lowest BCUT2D eigenvalue weighted by Gasteiger charge is -2.62. The SMILES string of the molecule is CC(C)C[C@@H](CN1CCCC1)N(Cc1cccc(CN2O[C@@H](CO)[C@@H]([C@H](C)O)[C@H]2C(=O)N[C@H]2C[C@@H]3C[C@H]([C@@H]2C)C3(C)C)c1)Cc1c(F)cccc1C(F)(F)F. The van der Waals surface area contributed by atoms with Gasteiger partial charge in [-0.1, -0.05) is 65.0 Å². The highest BCUT2D eigenvalue weighted by atomic mass is 19.4. The van der Waals surface area contributed by atoms with E-state index < -0.39 is 41.7 Å². The maximum absolute atomic E-state index is 15.4. The molecule has 55 heavy (non-hydrogen) atoms. The van der Waals surface area contributed by atoms with Gasteiger partial charge in [-0.2, -0.15) is 18.2 Å². The van der Waals surface area contributed by atoms with Crippen LogP contribution in [-0.4, -0.2) is 87.6 Å². The first-order chi connectivity index (χ1) is 26.0. The largest absolute Gasteiger partial charge is 0.416 e. The molecule has 2 heterocycles. The first-order valence-corrected chi connectivity index (χ1v) is 20.4. The number of halogens is 4. The maximum atomic E-state index is 15.4. The van der Waals surface area contributed by atoms with Crippen molar-refractivity contribution in [3.05, 3.63) is 70.5 Å². The van der Waals surface area contributed by atoms with E-state index in [1.807, 2.05) is 29.2 Å². The summed E-state index contributed by atoms with van der Waals surface area (Å²) in [5.41, 5.74) is 0.580. The van der Waals surface area contributed by atoms with E-state index in [1.165, 1.54) is 6.42 Å². The summed E-state index contributed by atoms with van der Waals surface area (Å²) in [6, 6.07) is 9.86. The second-order valence-corrected chi connectivity index (χ2v) is 18.0. The second kappa shape index (κ2) is 17.1. The number of aliphatic hydroxyl groups excluding tert-OH is 2. The number of hydrogen-bond acceptors (Lipinski definition) is 7. The van der Waals surface area contributed by atoms with Crippen molar-refractivity contribution >= 4 is 5.91 Å². The molecule has 2 bridgehead atoms. The van der Waals surface area contributed by atoms with Crippen LogP contribution in [0.5, 0.6) is 0 Å². The lowest BCUT2D eigenvalue weighted by molar-refractivity contribution is -0.183. The zero-order chi connectivity index (χ0) is 39.8. The number of carbonyl (C=O) groups is 1. The zero-order valence-electron chi connectivity index (χ0n) is 33.4. The molecule has 8 nitrogen and oxygen atoms in total. The number of fused-ring (bicyclic) bond motifs is 2. The first kappa shape index (κ1) is 42.0. The molecule has 0 aromatic heterocycles. The number of carbonyl (C=O) groups excluding carboxylic acids is 1. The van der Waals surface area contributed by atoms with Crippen molar-refractivity contribution in [3.63, 3.8) is 0 Å². The molecule has 0 radical (unpaired) electrons. The van der Waals surface area contributed by atoms with E-state index in [1.54, 1.807) is 12.0 Å². The number of amides is 1. The Morgan fingerprint density at radius 1 is 1.05 bits per heavy atom. The molecule has 0 unspecified atom stereocenters. The van der Waals surface area contributed by atoms with Crippen molar-refractivity contribution in [2.45, 2.75) is 130 Å². The second-order valence-electron chi connectivity index (χ2n) is 18.0. The topological polar surface area (TPSA) is 88.5 Å². The lowest BCUT2D eigenvalue weighted by atomic mass is 9.45. The number of nitrogens with zero attached hydrogens (tertiary/aromatic N) is 3. The fourth-order valence-electron chi connectivity index (χ4n) is 10.4. The zero-order valence-corrected chi connectivity index (χ0v) is 33.4. The number of rotatable bonds is 15. The molecule has 3 saturated carbocycles. The van der Waals surface area contributed by atoms with Crippen molar-refractivity contribution in [2.75, 3.05) is 26.2 Å². The van der Waals surface area contributed by atoms with E-state index in [4.69, 9.17) is 4.84 Å². The molecule has 0 spiro atoms. The molecule has 5 aliphatic rings. The Morgan fingerprint density at radius 3 is 2.36 bits per heavy atom. The fraction of sp³-hybridized carbons (Fsp3) is 0.698. The number of aliphatic hydroxyl groups is 2. The normalized spacial score (nSPS) is 29.5. The van der Waals surface area contributed by atoms with Crippen LogP contribution in [0, 0.1) is 40.8 Å². The number of hydrogen-bond donors (Lipinski definition) is 3. The minimum absolute atomic E-state index is 0.00918. The van der Waals surface area contributed by atoms with Crippen LogP contribution in [-0.2, 0) is 35.4 Å². The standard InChI is InChI=1S/C43H62F4N4O4/c1-26(2)17-32(23-49-15-7-8-16-49)50(24-33-34(43(45,46)47)13-10-14-36(33)44)21-29-11-9-12-30(18-29)22-51-40(39(28(4)53)38(25-52)55-51)41(54)48-37-20-31-19-35(27(37)3)42(31,5)6/h9-14,18,26-28,31-32,35,37-40,52-53H,7-8,15-17,19-25H2,1-6H3,(H,48,54)/t27-,28-,31-,32-,35+,37-,38-,39+,40-/m0/s1. The van der Waals surface area contributed by atoms with Crippen LogP contribution in [0.1, 0.15) is 95.9 Å². The van der Waals surface area contributed by atoms with E-state index in [2.05, 4.69) is 44.8 Å². The Balaban J connectivity index is 1.26. The van der Waals surface area contributed by atoms with Gasteiger partial charge in [-0.3, -0.25) is 14.5 Å². The van der Waals surface area contributed by atoms with E-state index in [9.17, 15) is 28.2 Å². The Kier molecular flexibility index (Phi) is 13.1. The lowest BCUT2D eigenvalue weighted by Crippen LogP contribution is -2.62. The molecule has 306 valence electrons. The van der Waals surface area contributed by atoms with Crippen LogP contribution in [0.25, 0.3) is 0 Å². The van der Waals surface area contributed by atoms with Crippen molar-refractivity contribution in [1.82, 2.24) is 20.2 Å². The van der Waals surface area contributed by atoms with Gasteiger partial charge in [-0.15, -0.1) is 0 Å². The summed E-state index contributed by atoms with van der Waals surface area (Å²) in [7, 11) is 0. The summed E-state index contributed by atoms with van der Waals surface area (Å²) in [4.78, 5) is 24.8. The highest BCUT2D eigenvalue weighted by molar-refractivity contribution is 5.82. The Bertz CT molecular complexity index is 1620. The van der Waals surface area contributed by atoms with Crippen molar-refractivity contribution in [3.8, 4) is 0 Å². The van der Waals surface area contributed by atoms with E-state index in [0.29, 0.717) is 24.3 Å². The molecule has 5 fully saturated rings. The quantitative estimate of drug-likeness (QED) is 0.168. The number of nitrogens with one attached hydrogen (secondary N) is 1. The van der Waals surface area contributed by atoms with Crippen molar-refractivity contribution in [2.24, 2.45) is 35.0 Å². The molecule has 9 atom stereocenters. The molecule has 2 aromatic carbocycles. The van der Waals surface area contributed by atoms with Crippen LogP contribution in [0.15, 0.2) is 42.5 Å². The third kappa shape index (κ3) is 9.25. The van der Waals surface area contributed by atoms with Gasteiger partial charge in [0, 0.05) is 43.2 Å². The van der Waals surface area contributed by atoms with Gasteiger partial charge in [0.2, 0.25) is 5.91 Å². The third-order valence-corrected chi connectivity index (χ3v) is 13.5. The molecule has 3 N–H and O–H groups in total. The number of hydroxylamine groups is 2. The Hall–Kier alpha value is -2.61. The predicted octanol–water partition coefficient (Wildman–Crippen LogP) is 7.02. The van der Waals surface area contributed by atoms with Crippen LogP contribution < -0.4 is 5.32 Å². The van der Waals surface area contributed by atoms with Crippen molar-refractivity contribution in [1.29, 1.82) is 0 Å². The number of alkyl halides is 3. The van der Waals surface area contributed by atoms with Gasteiger partial charge < -0.3 is 20.4 Å². The van der Waals surface area contributed by atoms with Gasteiger partial charge in [0.1, 0.15) is 18.0 Å². The highest BCUT2D eigenvalue weighted by Gasteiger charge is 2.57. The molecule has 2 aromatic rings. The third-order valence-electron chi connectivity index (χ3n) is 13.5. The number of benzene rings is 2. The van der Waals surface area contributed by atoms with E-state index in [-0.39, 0.29) is 61.1 Å². The molecule has 1 amide bonds. The predicted molar refractivity (Wildman–Crippen MR) is 204 cm³/mol. The average Bonchev–Trinajstić information content (AvgIpc) is 3.76. The minimum Gasteiger partial charge on any atom is -0.394 e. The molecular formula is C43H62F4N4O4. The molecule has 2 saturated heterocycles. The van der Waals surface area contributed by atoms with E-state index in [0.717, 1.165) is 68.1 Å². The smallest absolute Gasteiger partial charge is 0.394 e. The summed E-state index contributed by atoms with van der Waals surface area (Å²) in [5, 5.41) is 26.1. The first-order valence-electron chi connectivity index (χ1n) is 20.4. The van der Waals surface area contributed by atoms with Gasteiger partial charge in [-0.25, -0.2) is 4.39 Å².